The number of fused-ring (bicyclic) bond motifs is 1. The predicted molar refractivity (Wildman–Crippen MR) is 105 cm³/mol. The molecule has 3 rings (SSSR count). The second-order valence-electron chi connectivity index (χ2n) is 6.72. The molecular formula is C22H26N2O2. The molecule has 1 heterocycles. The number of carbonyl (C=O) groups is 1. The topological polar surface area (TPSA) is 52.6 Å². The van der Waals surface area contributed by atoms with E-state index in [0.29, 0.717) is 12.3 Å². The van der Waals surface area contributed by atoms with E-state index >= 15 is 0 Å². The van der Waals surface area contributed by atoms with Gasteiger partial charge in [0.05, 0.1) is 0 Å². The first-order chi connectivity index (χ1) is 12.7. The molecule has 0 saturated carbocycles. The molecule has 0 aliphatic carbocycles. The van der Waals surface area contributed by atoms with Crippen molar-refractivity contribution in [3.63, 3.8) is 0 Å². The summed E-state index contributed by atoms with van der Waals surface area (Å²) in [6, 6.07) is 15.5. The monoisotopic (exact) mass is 350 g/mol. The third-order valence-electron chi connectivity index (χ3n) is 4.71. The average molecular weight is 350 g/mol. The molecule has 2 aromatic rings. The molecule has 26 heavy (non-hydrogen) atoms. The van der Waals surface area contributed by atoms with Gasteiger partial charge in [-0.05, 0) is 60.7 Å². The lowest BCUT2D eigenvalue weighted by atomic mass is 9.99. The second kappa shape index (κ2) is 9.20. The summed E-state index contributed by atoms with van der Waals surface area (Å²) >= 11 is 0. The number of hydrogen-bond donors (Lipinski definition) is 2. The van der Waals surface area contributed by atoms with E-state index in [-0.39, 0.29) is 5.91 Å². The highest BCUT2D eigenvalue weighted by Crippen LogP contribution is 2.23. The van der Waals surface area contributed by atoms with Gasteiger partial charge in [0.1, 0.15) is 5.75 Å². The van der Waals surface area contributed by atoms with Crippen LogP contribution in [0.1, 0.15) is 29.5 Å². The number of carbonyl (C=O) groups excluding carboxylic acids is 1. The molecule has 0 saturated heterocycles. The highest BCUT2D eigenvalue weighted by molar-refractivity contribution is 5.91. The number of rotatable bonds is 7. The number of phenols is 1. The average Bonchev–Trinajstić information content (AvgIpc) is 2.66. The Kier molecular flexibility index (Phi) is 6.45. The first kappa shape index (κ1) is 18.2. The van der Waals surface area contributed by atoms with Gasteiger partial charge in [-0.15, -0.1) is 0 Å². The zero-order valence-corrected chi connectivity index (χ0v) is 15.0. The van der Waals surface area contributed by atoms with Gasteiger partial charge in [-0.1, -0.05) is 36.4 Å². The summed E-state index contributed by atoms with van der Waals surface area (Å²) in [7, 11) is 0. The molecule has 1 aliphatic rings. The minimum Gasteiger partial charge on any atom is -0.508 e. The quantitative estimate of drug-likeness (QED) is 0.595. The largest absolute Gasteiger partial charge is 0.508 e. The van der Waals surface area contributed by atoms with Crippen molar-refractivity contribution in [2.75, 3.05) is 19.6 Å². The highest BCUT2D eigenvalue weighted by atomic mass is 16.3. The van der Waals surface area contributed by atoms with Crippen molar-refractivity contribution >= 4 is 12.0 Å². The second-order valence-corrected chi connectivity index (χ2v) is 6.72. The summed E-state index contributed by atoms with van der Waals surface area (Å²) in [6.45, 7) is 3.67. The van der Waals surface area contributed by atoms with Crippen molar-refractivity contribution in [1.82, 2.24) is 10.2 Å². The number of phenolic OH excluding ortho intramolecular Hbond substituents is 1. The number of aromatic hydroxyl groups is 1. The van der Waals surface area contributed by atoms with Crippen LogP contribution in [0.3, 0.4) is 0 Å². The number of amides is 1. The fourth-order valence-electron chi connectivity index (χ4n) is 3.26. The molecule has 2 N–H and O–H groups in total. The van der Waals surface area contributed by atoms with Crippen LogP contribution in [0.4, 0.5) is 0 Å². The van der Waals surface area contributed by atoms with Crippen LogP contribution < -0.4 is 5.32 Å². The number of hydrogen-bond acceptors (Lipinski definition) is 3. The first-order valence-electron chi connectivity index (χ1n) is 9.25. The van der Waals surface area contributed by atoms with Gasteiger partial charge in [0, 0.05) is 25.7 Å². The van der Waals surface area contributed by atoms with Crippen LogP contribution >= 0.6 is 0 Å². The number of nitrogens with one attached hydrogen (secondary N) is 1. The summed E-state index contributed by atoms with van der Waals surface area (Å²) in [4.78, 5) is 14.2. The lowest BCUT2D eigenvalue weighted by Crippen LogP contribution is -2.32. The van der Waals surface area contributed by atoms with E-state index in [1.807, 2.05) is 48.5 Å². The number of nitrogens with zero attached hydrogens (tertiary/aromatic N) is 1. The van der Waals surface area contributed by atoms with Crippen molar-refractivity contribution in [3.05, 3.63) is 71.3 Å². The molecule has 0 bridgehead atoms. The Labute approximate surface area is 155 Å². The Morgan fingerprint density at radius 1 is 1.12 bits per heavy atom. The van der Waals surface area contributed by atoms with Gasteiger partial charge in [0.15, 0.2) is 0 Å². The maximum Gasteiger partial charge on any atom is 0.243 e. The maximum absolute atomic E-state index is 11.8. The third kappa shape index (κ3) is 5.46. The van der Waals surface area contributed by atoms with E-state index in [4.69, 9.17) is 0 Å². The van der Waals surface area contributed by atoms with Crippen molar-refractivity contribution in [2.45, 2.75) is 25.8 Å². The smallest absolute Gasteiger partial charge is 0.243 e. The number of benzene rings is 2. The molecule has 0 unspecified atom stereocenters. The molecule has 0 fully saturated rings. The summed E-state index contributed by atoms with van der Waals surface area (Å²) in [6.07, 6.45) is 6.47. The zero-order valence-electron chi connectivity index (χ0n) is 15.0. The van der Waals surface area contributed by atoms with Gasteiger partial charge in [0.2, 0.25) is 5.91 Å². The Morgan fingerprint density at radius 2 is 1.96 bits per heavy atom. The van der Waals surface area contributed by atoms with Crippen LogP contribution in [0.5, 0.6) is 5.75 Å². The van der Waals surface area contributed by atoms with Crippen LogP contribution in [0.2, 0.25) is 0 Å². The fourth-order valence-corrected chi connectivity index (χ4v) is 3.26. The van der Waals surface area contributed by atoms with Gasteiger partial charge in [-0.3, -0.25) is 9.69 Å². The van der Waals surface area contributed by atoms with Crippen LogP contribution in [0.25, 0.3) is 6.08 Å². The Hall–Kier alpha value is -2.59. The Bertz CT molecular complexity index is 756. The summed E-state index contributed by atoms with van der Waals surface area (Å²) in [5.74, 6) is 0.299. The normalized spacial score (nSPS) is 14.3. The summed E-state index contributed by atoms with van der Waals surface area (Å²) in [5.41, 5.74) is 3.60. The van der Waals surface area contributed by atoms with E-state index < -0.39 is 0 Å². The van der Waals surface area contributed by atoms with E-state index in [1.54, 1.807) is 12.1 Å². The van der Waals surface area contributed by atoms with Gasteiger partial charge in [0.25, 0.3) is 0 Å². The number of unbranched alkanes of at least 4 members (excludes halogenated alkanes) is 1. The van der Waals surface area contributed by atoms with Crippen LogP contribution in [-0.2, 0) is 17.8 Å². The van der Waals surface area contributed by atoms with Crippen LogP contribution in [0, 0.1) is 0 Å². The molecule has 0 aromatic heterocycles. The van der Waals surface area contributed by atoms with Crippen molar-refractivity contribution in [3.8, 4) is 5.75 Å². The van der Waals surface area contributed by atoms with Crippen molar-refractivity contribution < 1.29 is 9.90 Å². The Balaban J connectivity index is 1.32. The molecule has 1 aliphatic heterocycles. The van der Waals surface area contributed by atoms with Gasteiger partial charge < -0.3 is 10.4 Å². The van der Waals surface area contributed by atoms with E-state index in [2.05, 4.69) is 10.2 Å². The van der Waals surface area contributed by atoms with Crippen LogP contribution in [0.15, 0.2) is 54.6 Å². The van der Waals surface area contributed by atoms with Gasteiger partial charge in [-0.2, -0.15) is 0 Å². The molecule has 2 aromatic carbocycles. The van der Waals surface area contributed by atoms with E-state index in [9.17, 15) is 9.90 Å². The molecule has 1 amide bonds. The fraction of sp³-hybridized carbons (Fsp3) is 0.318. The lowest BCUT2D eigenvalue weighted by Gasteiger charge is -2.28. The molecule has 4 heteroatoms. The van der Waals surface area contributed by atoms with Crippen LogP contribution in [-0.4, -0.2) is 35.5 Å². The zero-order chi connectivity index (χ0) is 18.2. The minimum atomic E-state index is -0.0452. The van der Waals surface area contributed by atoms with E-state index in [0.717, 1.165) is 44.5 Å². The standard InChI is InChI=1S/C22H26N2O2/c25-21-10-9-19-12-15-24(17-20(19)16-21)14-5-4-13-23-22(26)11-8-18-6-2-1-3-7-18/h1-3,6-11,16,25H,4-5,12-15,17H2,(H,23,26)/b11-8+. The van der Waals surface area contributed by atoms with E-state index in [1.165, 1.54) is 11.1 Å². The predicted octanol–water partition coefficient (Wildman–Crippen LogP) is 3.36. The molecule has 0 atom stereocenters. The SMILES string of the molecule is O=C(/C=C/c1ccccc1)NCCCCN1CCc2ccc(O)cc2C1. The third-order valence-corrected chi connectivity index (χ3v) is 4.71. The summed E-state index contributed by atoms with van der Waals surface area (Å²) in [5, 5.41) is 12.6. The lowest BCUT2D eigenvalue weighted by molar-refractivity contribution is -0.116. The highest BCUT2D eigenvalue weighted by Gasteiger charge is 2.15. The first-order valence-corrected chi connectivity index (χ1v) is 9.25. The minimum absolute atomic E-state index is 0.0452. The molecule has 0 spiro atoms. The van der Waals surface area contributed by atoms with Crippen molar-refractivity contribution in [1.29, 1.82) is 0 Å². The molecule has 4 nitrogen and oxygen atoms in total. The van der Waals surface area contributed by atoms with Gasteiger partial charge >= 0.3 is 0 Å². The summed E-state index contributed by atoms with van der Waals surface area (Å²) < 4.78 is 0. The molecule has 0 radical (unpaired) electrons. The Morgan fingerprint density at radius 3 is 2.81 bits per heavy atom. The molecule has 136 valence electrons. The molecular weight excluding hydrogens is 324 g/mol. The van der Waals surface area contributed by atoms with Crippen molar-refractivity contribution in [2.24, 2.45) is 0 Å². The van der Waals surface area contributed by atoms with Gasteiger partial charge in [-0.25, -0.2) is 0 Å². The maximum atomic E-state index is 11.8.